The Morgan fingerprint density at radius 3 is 2.52 bits per heavy atom. The highest BCUT2D eigenvalue weighted by Gasteiger charge is 2.15. The number of fused-ring (bicyclic) bond motifs is 1. The van der Waals surface area contributed by atoms with E-state index in [-0.39, 0.29) is 0 Å². The molecule has 0 spiro atoms. The van der Waals surface area contributed by atoms with Crippen LogP contribution in [-0.2, 0) is 13.0 Å². The number of nitrogen functional groups attached to an aromatic ring is 1. The average Bonchev–Trinajstić information content (AvgIpc) is 2.43. The molecule has 0 amide bonds. The van der Waals surface area contributed by atoms with Crippen molar-refractivity contribution in [3.8, 4) is 11.5 Å². The number of hydrogen-bond donors (Lipinski definition) is 1. The number of hydrogen-bond acceptors (Lipinski definition) is 3. The summed E-state index contributed by atoms with van der Waals surface area (Å²) < 4.78 is 5.85. The van der Waals surface area contributed by atoms with Crippen LogP contribution in [0.2, 0.25) is 10.0 Å². The molecule has 5 heteroatoms. The lowest BCUT2D eigenvalue weighted by Crippen LogP contribution is -2.26. The largest absolute Gasteiger partial charge is 0.454 e. The zero-order valence-corrected chi connectivity index (χ0v) is 13.2. The molecule has 0 saturated heterocycles. The number of benzene rings is 2. The van der Waals surface area contributed by atoms with Crippen molar-refractivity contribution in [1.82, 2.24) is 4.90 Å². The molecule has 1 aliphatic heterocycles. The Morgan fingerprint density at radius 2 is 1.81 bits per heavy atom. The molecule has 0 saturated carbocycles. The first kappa shape index (κ1) is 14.5. The first-order chi connectivity index (χ1) is 10.0. The number of rotatable bonds is 2. The number of nitrogens with two attached hydrogens (primary N) is 1. The Kier molecular flexibility index (Phi) is 3.98. The fourth-order valence-corrected chi connectivity index (χ4v) is 3.11. The van der Waals surface area contributed by atoms with Crippen LogP contribution in [-0.4, -0.2) is 18.5 Å². The molecule has 0 fully saturated rings. The van der Waals surface area contributed by atoms with Gasteiger partial charge in [-0.2, -0.15) is 0 Å². The Labute approximate surface area is 134 Å². The Morgan fingerprint density at radius 1 is 1.10 bits per heavy atom. The normalized spacial score (nSPS) is 14.8. The predicted molar refractivity (Wildman–Crippen MR) is 87.4 cm³/mol. The quantitative estimate of drug-likeness (QED) is 0.835. The van der Waals surface area contributed by atoms with Gasteiger partial charge >= 0.3 is 0 Å². The molecule has 0 atom stereocenters. The van der Waals surface area contributed by atoms with E-state index < -0.39 is 0 Å². The third-order valence-electron chi connectivity index (χ3n) is 3.62. The molecular weight excluding hydrogens is 307 g/mol. The van der Waals surface area contributed by atoms with Crippen LogP contribution in [0.5, 0.6) is 11.5 Å². The van der Waals surface area contributed by atoms with Crippen LogP contribution in [0.15, 0.2) is 30.3 Å². The minimum atomic E-state index is 0.414. The second kappa shape index (κ2) is 5.76. The molecule has 2 aromatic rings. The predicted octanol–water partition coefficient (Wildman–Crippen LogP) is 4.36. The Hall–Kier alpha value is -1.42. The molecule has 110 valence electrons. The van der Waals surface area contributed by atoms with Gasteiger partial charge in [0.05, 0.1) is 10.0 Å². The van der Waals surface area contributed by atoms with Gasteiger partial charge in [0.1, 0.15) is 5.75 Å². The van der Waals surface area contributed by atoms with Crippen molar-refractivity contribution < 1.29 is 4.74 Å². The third-order valence-corrected chi connectivity index (χ3v) is 4.18. The van der Waals surface area contributed by atoms with Crippen molar-refractivity contribution in [1.29, 1.82) is 0 Å². The maximum Gasteiger partial charge on any atom is 0.164 e. The summed E-state index contributed by atoms with van der Waals surface area (Å²) in [5.74, 6) is 1.19. The van der Waals surface area contributed by atoms with Crippen LogP contribution in [0.1, 0.15) is 11.1 Å². The van der Waals surface area contributed by atoms with Crippen LogP contribution in [0, 0.1) is 0 Å². The molecule has 3 rings (SSSR count). The molecule has 0 aliphatic carbocycles. The maximum absolute atomic E-state index is 6.15. The summed E-state index contributed by atoms with van der Waals surface area (Å²) in [4.78, 5) is 2.30. The summed E-state index contributed by atoms with van der Waals surface area (Å²) in [5, 5.41) is 0.829. The van der Waals surface area contributed by atoms with Gasteiger partial charge in [0.2, 0.25) is 0 Å². The van der Waals surface area contributed by atoms with E-state index in [1.807, 2.05) is 6.07 Å². The van der Waals surface area contributed by atoms with Gasteiger partial charge in [-0.25, -0.2) is 0 Å². The Balaban J connectivity index is 1.89. The van der Waals surface area contributed by atoms with E-state index in [1.54, 1.807) is 12.1 Å². The molecule has 0 radical (unpaired) electrons. The number of likely N-dealkylation sites (N-methyl/N-ethyl adjacent to an activating group) is 1. The zero-order valence-electron chi connectivity index (χ0n) is 11.7. The molecule has 2 N–H and O–H groups in total. The van der Waals surface area contributed by atoms with E-state index in [2.05, 4.69) is 24.1 Å². The summed E-state index contributed by atoms with van der Waals surface area (Å²) in [6.07, 6.45) is 1.02. The number of anilines is 1. The van der Waals surface area contributed by atoms with Crippen molar-refractivity contribution in [3.63, 3.8) is 0 Å². The molecule has 3 nitrogen and oxygen atoms in total. The van der Waals surface area contributed by atoms with Crippen LogP contribution < -0.4 is 10.5 Å². The smallest absolute Gasteiger partial charge is 0.164 e. The number of nitrogens with zero attached hydrogens (tertiary/aromatic N) is 1. The van der Waals surface area contributed by atoms with E-state index in [1.165, 1.54) is 11.1 Å². The van der Waals surface area contributed by atoms with Crippen molar-refractivity contribution in [2.24, 2.45) is 0 Å². The lowest BCUT2D eigenvalue weighted by molar-refractivity contribution is 0.312. The second-order valence-electron chi connectivity index (χ2n) is 5.33. The van der Waals surface area contributed by atoms with Crippen molar-refractivity contribution in [2.45, 2.75) is 13.0 Å². The highest BCUT2D eigenvalue weighted by Crippen LogP contribution is 2.38. The van der Waals surface area contributed by atoms with E-state index in [4.69, 9.17) is 33.7 Å². The highest BCUT2D eigenvalue weighted by molar-refractivity contribution is 6.37. The van der Waals surface area contributed by atoms with Gasteiger partial charge in [0.15, 0.2) is 5.75 Å². The second-order valence-corrected chi connectivity index (χ2v) is 6.15. The van der Waals surface area contributed by atoms with Gasteiger partial charge in [-0.05, 0) is 48.9 Å². The molecule has 0 unspecified atom stereocenters. The van der Waals surface area contributed by atoms with Gasteiger partial charge < -0.3 is 15.4 Å². The third kappa shape index (κ3) is 3.10. The van der Waals surface area contributed by atoms with Gasteiger partial charge in [-0.3, -0.25) is 0 Å². The molecule has 1 heterocycles. The molecule has 0 bridgehead atoms. The fourth-order valence-electron chi connectivity index (χ4n) is 2.53. The molecule has 21 heavy (non-hydrogen) atoms. The lowest BCUT2D eigenvalue weighted by Gasteiger charge is -2.25. The van der Waals surface area contributed by atoms with E-state index in [0.717, 1.165) is 25.3 Å². The summed E-state index contributed by atoms with van der Waals surface area (Å²) in [7, 11) is 2.13. The molecule has 1 aliphatic rings. The van der Waals surface area contributed by atoms with Crippen LogP contribution >= 0.6 is 23.2 Å². The summed E-state index contributed by atoms with van der Waals surface area (Å²) in [6.45, 7) is 2.03. The summed E-state index contributed by atoms with van der Waals surface area (Å²) in [6, 6.07) is 9.37. The van der Waals surface area contributed by atoms with Gasteiger partial charge in [-0.15, -0.1) is 0 Å². The minimum absolute atomic E-state index is 0.414. The van der Waals surface area contributed by atoms with Gasteiger partial charge in [0, 0.05) is 18.8 Å². The molecule has 2 aromatic carbocycles. The minimum Gasteiger partial charge on any atom is -0.454 e. The lowest BCUT2D eigenvalue weighted by atomic mass is 10.00. The monoisotopic (exact) mass is 322 g/mol. The van der Waals surface area contributed by atoms with Gasteiger partial charge in [0.25, 0.3) is 0 Å². The van der Waals surface area contributed by atoms with Crippen molar-refractivity contribution in [2.75, 3.05) is 19.3 Å². The van der Waals surface area contributed by atoms with Crippen LogP contribution in [0.4, 0.5) is 5.69 Å². The Bertz CT molecular complexity index is 665. The van der Waals surface area contributed by atoms with E-state index >= 15 is 0 Å². The number of halogens is 2. The van der Waals surface area contributed by atoms with Crippen molar-refractivity contribution >= 4 is 28.9 Å². The van der Waals surface area contributed by atoms with E-state index in [0.29, 0.717) is 21.5 Å². The maximum atomic E-state index is 6.15. The topological polar surface area (TPSA) is 38.5 Å². The van der Waals surface area contributed by atoms with Gasteiger partial charge in [-0.1, -0.05) is 29.3 Å². The number of ether oxygens (including phenoxy) is 1. The van der Waals surface area contributed by atoms with Crippen molar-refractivity contribution in [3.05, 3.63) is 51.5 Å². The first-order valence-corrected chi connectivity index (χ1v) is 7.51. The average molecular weight is 323 g/mol. The first-order valence-electron chi connectivity index (χ1n) is 6.75. The zero-order chi connectivity index (χ0) is 15.0. The fraction of sp³-hybridized carbons (Fsp3) is 0.250. The van der Waals surface area contributed by atoms with E-state index in [9.17, 15) is 0 Å². The summed E-state index contributed by atoms with van der Waals surface area (Å²) >= 11 is 12.3. The SMILES string of the molecule is CN1CCc2cc(Oc3c(Cl)cc(N)cc3Cl)ccc2C1. The molecular formula is C16H16Cl2N2O. The van der Waals surface area contributed by atoms with Crippen LogP contribution in [0.3, 0.4) is 0 Å². The van der Waals surface area contributed by atoms with Crippen LogP contribution in [0.25, 0.3) is 0 Å². The highest BCUT2D eigenvalue weighted by atomic mass is 35.5. The summed E-state index contributed by atoms with van der Waals surface area (Å²) in [5.41, 5.74) is 8.87. The standard InChI is InChI=1S/C16H16Cl2N2O/c1-20-5-4-10-6-13(3-2-11(10)9-20)21-16-14(17)7-12(19)8-15(16)18/h2-3,6-8H,4-5,9,19H2,1H3. The molecule has 0 aromatic heterocycles.